The van der Waals surface area contributed by atoms with E-state index in [1.165, 1.54) is 12.8 Å². The summed E-state index contributed by atoms with van der Waals surface area (Å²) in [5.74, 6) is 1.36. The van der Waals surface area contributed by atoms with E-state index in [0.29, 0.717) is 16.7 Å². The van der Waals surface area contributed by atoms with Gasteiger partial charge in [-0.2, -0.15) is 0 Å². The van der Waals surface area contributed by atoms with Crippen molar-refractivity contribution in [1.29, 1.82) is 0 Å². The second kappa shape index (κ2) is 5.06. The first-order valence-corrected chi connectivity index (χ1v) is 5.19. The molecule has 1 aliphatic carbocycles. The summed E-state index contributed by atoms with van der Waals surface area (Å²) in [7, 11) is 1.62. The number of rotatable bonds is 3. The van der Waals surface area contributed by atoms with Crippen LogP contribution in [0.2, 0.25) is 5.02 Å². The van der Waals surface area contributed by atoms with E-state index in [0.717, 1.165) is 5.56 Å². The van der Waals surface area contributed by atoms with Gasteiger partial charge < -0.3 is 10.5 Å². The van der Waals surface area contributed by atoms with E-state index in [-0.39, 0.29) is 18.4 Å². The van der Waals surface area contributed by atoms with Crippen LogP contribution in [-0.4, -0.2) is 7.11 Å². The lowest BCUT2D eigenvalue weighted by Gasteiger charge is -2.12. The molecule has 1 atom stereocenters. The molecular weight excluding hydrogens is 233 g/mol. The summed E-state index contributed by atoms with van der Waals surface area (Å²) >= 11 is 5.93. The highest BCUT2D eigenvalue weighted by Crippen LogP contribution is 2.40. The summed E-state index contributed by atoms with van der Waals surface area (Å²) in [4.78, 5) is 0. The van der Waals surface area contributed by atoms with Crippen LogP contribution in [-0.2, 0) is 0 Å². The molecule has 1 aromatic rings. The number of halogens is 2. The van der Waals surface area contributed by atoms with Crippen molar-refractivity contribution in [1.82, 2.24) is 0 Å². The number of nitrogens with two attached hydrogens (primary N) is 1. The van der Waals surface area contributed by atoms with Gasteiger partial charge in [0.1, 0.15) is 5.75 Å². The molecule has 1 aliphatic rings. The van der Waals surface area contributed by atoms with Crippen LogP contribution in [0.5, 0.6) is 5.75 Å². The molecule has 84 valence electrons. The monoisotopic (exact) mass is 247 g/mol. The molecule has 2 rings (SSSR count). The Labute approximate surface area is 101 Å². The minimum Gasteiger partial charge on any atom is -0.495 e. The fraction of sp³-hybridized carbons (Fsp3) is 0.455. The van der Waals surface area contributed by atoms with Crippen LogP contribution < -0.4 is 10.5 Å². The van der Waals surface area contributed by atoms with Gasteiger partial charge in [0.05, 0.1) is 12.1 Å². The smallest absolute Gasteiger partial charge is 0.137 e. The van der Waals surface area contributed by atoms with Gasteiger partial charge in [0, 0.05) is 6.04 Å². The zero-order chi connectivity index (χ0) is 10.1. The van der Waals surface area contributed by atoms with Crippen molar-refractivity contribution >= 4 is 24.0 Å². The van der Waals surface area contributed by atoms with Crippen LogP contribution >= 0.6 is 24.0 Å². The lowest BCUT2D eigenvalue weighted by atomic mass is 10.0. The Kier molecular flexibility index (Phi) is 4.26. The average molecular weight is 248 g/mol. The second-order valence-electron chi connectivity index (χ2n) is 3.76. The maximum atomic E-state index is 6.08. The summed E-state index contributed by atoms with van der Waals surface area (Å²) in [5.41, 5.74) is 7.19. The van der Waals surface area contributed by atoms with Gasteiger partial charge in [0.25, 0.3) is 0 Å². The highest BCUT2D eigenvalue weighted by molar-refractivity contribution is 6.32. The van der Waals surface area contributed by atoms with E-state index < -0.39 is 0 Å². The number of hydrogen-bond acceptors (Lipinski definition) is 2. The summed E-state index contributed by atoms with van der Waals surface area (Å²) in [6, 6.07) is 5.90. The Morgan fingerprint density at radius 2 is 2.13 bits per heavy atom. The first-order chi connectivity index (χ1) is 6.72. The predicted molar refractivity (Wildman–Crippen MR) is 64.9 cm³/mol. The van der Waals surface area contributed by atoms with Crippen LogP contribution in [0.3, 0.4) is 0 Å². The molecule has 0 amide bonds. The van der Waals surface area contributed by atoms with Crippen molar-refractivity contribution in [3.05, 3.63) is 28.8 Å². The molecule has 0 heterocycles. The predicted octanol–water partition coefficient (Wildman–Crippen LogP) is 3.18. The number of benzene rings is 1. The Morgan fingerprint density at radius 1 is 1.47 bits per heavy atom. The summed E-state index contributed by atoms with van der Waals surface area (Å²) in [6.07, 6.45) is 2.48. The van der Waals surface area contributed by atoms with Gasteiger partial charge in [-0.15, -0.1) is 12.4 Å². The van der Waals surface area contributed by atoms with E-state index >= 15 is 0 Å². The Balaban J connectivity index is 0.00000112. The SMILES string of the molecule is COc1cc([C@@H](N)C2CC2)ccc1Cl.Cl. The molecule has 0 radical (unpaired) electrons. The zero-order valence-electron chi connectivity index (χ0n) is 8.57. The largest absolute Gasteiger partial charge is 0.495 e. The van der Waals surface area contributed by atoms with E-state index in [4.69, 9.17) is 22.1 Å². The van der Waals surface area contributed by atoms with Crippen molar-refractivity contribution in [2.45, 2.75) is 18.9 Å². The van der Waals surface area contributed by atoms with Gasteiger partial charge >= 0.3 is 0 Å². The highest BCUT2D eigenvalue weighted by atomic mass is 35.5. The van der Waals surface area contributed by atoms with E-state index in [1.807, 2.05) is 18.2 Å². The van der Waals surface area contributed by atoms with Crippen LogP contribution in [0, 0.1) is 5.92 Å². The Hall–Kier alpha value is -0.440. The maximum absolute atomic E-state index is 6.08. The third kappa shape index (κ3) is 2.77. The molecule has 2 N–H and O–H groups in total. The van der Waals surface area contributed by atoms with Crippen molar-refractivity contribution in [2.75, 3.05) is 7.11 Å². The zero-order valence-corrected chi connectivity index (χ0v) is 10.1. The number of ether oxygens (including phenoxy) is 1. The van der Waals surface area contributed by atoms with Crippen LogP contribution in [0.25, 0.3) is 0 Å². The summed E-state index contributed by atoms with van der Waals surface area (Å²) in [6.45, 7) is 0. The standard InChI is InChI=1S/C11H14ClNO.ClH/c1-14-10-6-8(4-5-9(10)12)11(13)7-2-3-7;/h4-7,11H,2-3,13H2,1H3;1H/t11-;/m0./s1. The van der Waals surface area contributed by atoms with Crippen molar-refractivity contribution in [2.24, 2.45) is 11.7 Å². The average Bonchev–Trinajstić information content (AvgIpc) is 3.01. The first kappa shape index (κ1) is 12.6. The third-order valence-corrected chi connectivity index (χ3v) is 3.00. The fourth-order valence-corrected chi connectivity index (χ4v) is 1.81. The van der Waals surface area contributed by atoms with E-state index in [2.05, 4.69) is 0 Å². The normalized spacial score (nSPS) is 16.7. The number of methoxy groups -OCH3 is 1. The molecule has 1 saturated carbocycles. The second-order valence-corrected chi connectivity index (χ2v) is 4.16. The van der Waals surface area contributed by atoms with Crippen LogP contribution in [0.1, 0.15) is 24.4 Å². The molecule has 1 fully saturated rings. The molecule has 0 spiro atoms. The fourth-order valence-electron chi connectivity index (χ4n) is 1.61. The summed E-state index contributed by atoms with van der Waals surface area (Å²) < 4.78 is 5.15. The molecule has 0 bridgehead atoms. The van der Waals surface area contributed by atoms with Gasteiger partial charge in [0.2, 0.25) is 0 Å². The molecule has 0 aliphatic heterocycles. The molecule has 0 unspecified atom stereocenters. The van der Waals surface area contributed by atoms with Crippen LogP contribution in [0.4, 0.5) is 0 Å². The van der Waals surface area contributed by atoms with E-state index in [1.54, 1.807) is 7.11 Å². The quantitative estimate of drug-likeness (QED) is 0.891. The van der Waals surface area contributed by atoms with Gasteiger partial charge in [-0.1, -0.05) is 17.7 Å². The third-order valence-electron chi connectivity index (χ3n) is 2.69. The first-order valence-electron chi connectivity index (χ1n) is 4.81. The minimum absolute atomic E-state index is 0. The Bertz CT molecular complexity index is 339. The number of hydrogen-bond donors (Lipinski definition) is 1. The molecule has 15 heavy (non-hydrogen) atoms. The van der Waals surface area contributed by atoms with Gasteiger partial charge in [-0.05, 0) is 36.5 Å². The van der Waals surface area contributed by atoms with Gasteiger partial charge in [-0.25, -0.2) is 0 Å². The van der Waals surface area contributed by atoms with Gasteiger partial charge in [0.15, 0.2) is 0 Å². The molecule has 0 aromatic heterocycles. The minimum atomic E-state index is 0. The molecule has 0 saturated heterocycles. The lowest BCUT2D eigenvalue weighted by Crippen LogP contribution is -2.12. The van der Waals surface area contributed by atoms with E-state index in [9.17, 15) is 0 Å². The highest BCUT2D eigenvalue weighted by Gasteiger charge is 2.29. The topological polar surface area (TPSA) is 35.2 Å². The van der Waals surface area contributed by atoms with Gasteiger partial charge in [-0.3, -0.25) is 0 Å². The Morgan fingerprint density at radius 3 is 2.67 bits per heavy atom. The molecule has 4 heteroatoms. The van der Waals surface area contributed by atoms with Crippen molar-refractivity contribution in [3.63, 3.8) is 0 Å². The van der Waals surface area contributed by atoms with Crippen molar-refractivity contribution < 1.29 is 4.74 Å². The summed E-state index contributed by atoms with van der Waals surface area (Å²) in [5, 5.41) is 0.638. The lowest BCUT2D eigenvalue weighted by molar-refractivity contribution is 0.413. The van der Waals surface area contributed by atoms with Crippen LogP contribution in [0.15, 0.2) is 18.2 Å². The molecule has 1 aromatic carbocycles. The van der Waals surface area contributed by atoms with Crippen molar-refractivity contribution in [3.8, 4) is 5.75 Å². The maximum Gasteiger partial charge on any atom is 0.137 e. The molecule has 2 nitrogen and oxygen atoms in total. The molecular formula is C11H15Cl2NO.